The molecule has 1 amide bonds. The lowest BCUT2D eigenvalue weighted by atomic mass is 10.2. The summed E-state index contributed by atoms with van der Waals surface area (Å²) in [5, 5.41) is 2.59. The Morgan fingerprint density at radius 3 is 3.19 bits per heavy atom. The first-order valence-electron chi connectivity index (χ1n) is 4.95. The van der Waals surface area contributed by atoms with Gasteiger partial charge in [0.2, 0.25) is 0 Å². The number of amides is 1. The van der Waals surface area contributed by atoms with E-state index < -0.39 is 6.09 Å². The van der Waals surface area contributed by atoms with Crippen molar-refractivity contribution in [3.63, 3.8) is 0 Å². The van der Waals surface area contributed by atoms with Crippen LogP contribution in [0, 0.1) is 0 Å². The number of alkyl carbamates (subject to hydrolysis) is 1. The molecule has 1 heterocycles. The van der Waals surface area contributed by atoms with E-state index in [1.165, 1.54) is 0 Å². The molecule has 0 atom stereocenters. The van der Waals surface area contributed by atoms with E-state index in [1.807, 2.05) is 6.08 Å². The average molecular weight is 288 g/mol. The molecule has 5 nitrogen and oxygen atoms in total. The summed E-state index contributed by atoms with van der Waals surface area (Å²) in [4.78, 5) is 15.2. The van der Waals surface area contributed by atoms with Crippen LogP contribution in [0.15, 0.2) is 27.1 Å². The van der Waals surface area contributed by atoms with Crippen LogP contribution in [0.4, 0.5) is 4.79 Å². The highest BCUT2D eigenvalue weighted by Crippen LogP contribution is 2.14. The number of carbonyl (C=O) groups is 1. The van der Waals surface area contributed by atoms with Crippen LogP contribution in [0.3, 0.4) is 0 Å². The highest BCUT2D eigenvalue weighted by Gasteiger charge is 2.09. The van der Waals surface area contributed by atoms with Gasteiger partial charge in [-0.05, 0) is 35.7 Å². The summed E-state index contributed by atoms with van der Waals surface area (Å²) >= 11 is 3.32. The van der Waals surface area contributed by atoms with Crippen LogP contribution in [0.1, 0.15) is 19.8 Å². The second-order valence-electron chi connectivity index (χ2n) is 3.10. The summed E-state index contributed by atoms with van der Waals surface area (Å²) in [6, 6.07) is 0. The van der Waals surface area contributed by atoms with Crippen molar-refractivity contribution < 1.29 is 9.53 Å². The van der Waals surface area contributed by atoms with E-state index in [0.29, 0.717) is 24.5 Å². The molecule has 0 aromatic rings. The number of allylic oxidation sites excluding steroid dienone is 3. The van der Waals surface area contributed by atoms with Crippen LogP contribution in [0.25, 0.3) is 0 Å². The van der Waals surface area contributed by atoms with Crippen molar-refractivity contribution in [2.45, 2.75) is 19.8 Å². The Morgan fingerprint density at radius 2 is 2.50 bits per heavy atom. The van der Waals surface area contributed by atoms with E-state index in [-0.39, 0.29) is 0 Å². The van der Waals surface area contributed by atoms with Crippen LogP contribution in [0.2, 0.25) is 0 Å². The molecule has 0 fully saturated rings. The highest BCUT2D eigenvalue weighted by molar-refractivity contribution is 9.12. The Morgan fingerprint density at radius 1 is 1.75 bits per heavy atom. The van der Waals surface area contributed by atoms with Crippen LogP contribution in [0.5, 0.6) is 0 Å². The molecule has 0 spiro atoms. The molecule has 0 saturated carbocycles. The lowest BCUT2D eigenvalue weighted by molar-refractivity contribution is 0.154. The third-order valence-corrected chi connectivity index (χ3v) is 2.43. The third-order valence-electron chi connectivity index (χ3n) is 1.90. The van der Waals surface area contributed by atoms with Crippen molar-refractivity contribution in [2.24, 2.45) is 10.7 Å². The molecule has 0 aromatic heterocycles. The largest absolute Gasteiger partial charge is 0.450 e. The van der Waals surface area contributed by atoms with E-state index >= 15 is 0 Å². The highest BCUT2D eigenvalue weighted by atomic mass is 79.9. The van der Waals surface area contributed by atoms with Gasteiger partial charge in [0.15, 0.2) is 0 Å². The van der Waals surface area contributed by atoms with Gasteiger partial charge in [-0.2, -0.15) is 0 Å². The van der Waals surface area contributed by atoms with Gasteiger partial charge < -0.3 is 10.5 Å². The Hall–Kier alpha value is -1.30. The quantitative estimate of drug-likeness (QED) is 0.816. The summed E-state index contributed by atoms with van der Waals surface area (Å²) < 4.78 is 5.65. The van der Waals surface area contributed by atoms with Crippen LogP contribution < -0.4 is 11.1 Å². The number of carbonyl (C=O) groups excluding carboxylic acids is 1. The zero-order valence-electron chi connectivity index (χ0n) is 9.00. The van der Waals surface area contributed by atoms with E-state index in [4.69, 9.17) is 10.5 Å². The minimum atomic E-state index is -0.501. The van der Waals surface area contributed by atoms with Crippen molar-refractivity contribution in [3.05, 3.63) is 22.1 Å². The minimum Gasteiger partial charge on any atom is -0.450 e. The van der Waals surface area contributed by atoms with E-state index in [2.05, 4.69) is 26.2 Å². The van der Waals surface area contributed by atoms with E-state index in [1.54, 1.807) is 13.1 Å². The van der Waals surface area contributed by atoms with E-state index in [9.17, 15) is 4.79 Å². The van der Waals surface area contributed by atoms with E-state index in [0.717, 1.165) is 10.9 Å². The SMILES string of the molecule is CCOC(=O)N/C1=C(N)/N=C/C(Br)=C\CC1. The molecule has 1 aliphatic rings. The molecule has 16 heavy (non-hydrogen) atoms. The summed E-state index contributed by atoms with van der Waals surface area (Å²) in [5.74, 6) is 0.304. The maximum absolute atomic E-state index is 11.2. The molecular weight excluding hydrogens is 274 g/mol. The van der Waals surface area contributed by atoms with Crippen molar-refractivity contribution in [3.8, 4) is 0 Å². The molecule has 3 N–H and O–H groups in total. The zero-order chi connectivity index (χ0) is 12.0. The fourth-order valence-corrected chi connectivity index (χ4v) is 1.49. The molecule has 0 radical (unpaired) electrons. The van der Waals surface area contributed by atoms with Crippen LogP contribution in [-0.4, -0.2) is 18.9 Å². The van der Waals surface area contributed by atoms with Crippen LogP contribution >= 0.6 is 15.9 Å². The Bertz CT molecular complexity index is 361. The lowest BCUT2D eigenvalue weighted by Crippen LogP contribution is -2.26. The molecule has 1 rings (SSSR count). The maximum Gasteiger partial charge on any atom is 0.411 e. The number of rotatable bonds is 2. The van der Waals surface area contributed by atoms with Gasteiger partial charge in [-0.3, -0.25) is 5.32 Å². The number of nitrogens with zero attached hydrogens (tertiary/aromatic N) is 1. The van der Waals surface area contributed by atoms with Gasteiger partial charge in [-0.1, -0.05) is 6.08 Å². The molecule has 0 unspecified atom stereocenters. The predicted octanol–water partition coefficient (Wildman–Crippen LogP) is 2.00. The van der Waals surface area contributed by atoms with Gasteiger partial charge in [-0.25, -0.2) is 9.79 Å². The Balaban J connectivity index is 2.71. The number of hydrogen-bond acceptors (Lipinski definition) is 4. The Kier molecular flexibility index (Phi) is 5.04. The van der Waals surface area contributed by atoms with Gasteiger partial charge in [-0.15, -0.1) is 0 Å². The predicted molar refractivity (Wildman–Crippen MR) is 66.1 cm³/mol. The fourth-order valence-electron chi connectivity index (χ4n) is 1.16. The van der Waals surface area contributed by atoms with Gasteiger partial charge in [0.1, 0.15) is 5.82 Å². The van der Waals surface area contributed by atoms with Crippen LogP contribution in [-0.2, 0) is 4.74 Å². The second-order valence-corrected chi connectivity index (χ2v) is 4.01. The fraction of sp³-hybridized carbons (Fsp3) is 0.400. The van der Waals surface area contributed by atoms with Crippen molar-refractivity contribution in [2.75, 3.05) is 6.61 Å². The first-order chi connectivity index (χ1) is 7.63. The summed E-state index contributed by atoms with van der Waals surface area (Å²) in [6.07, 6.45) is 4.45. The zero-order valence-corrected chi connectivity index (χ0v) is 10.6. The van der Waals surface area contributed by atoms with Crippen molar-refractivity contribution in [1.29, 1.82) is 0 Å². The van der Waals surface area contributed by atoms with Gasteiger partial charge in [0, 0.05) is 10.7 Å². The Labute approximate surface area is 103 Å². The summed E-state index contributed by atoms with van der Waals surface area (Å²) in [7, 11) is 0. The molecule has 0 aliphatic carbocycles. The minimum absolute atomic E-state index is 0.304. The van der Waals surface area contributed by atoms with Gasteiger partial charge in [0.25, 0.3) is 0 Å². The molecule has 0 bridgehead atoms. The number of nitrogens with one attached hydrogen (secondary N) is 1. The number of nitrogens with two attached hydrogens (primary N) is 1. The first kappa shape index (κ1) is 12.8. The summed E-state index contributed by atoms with van der Waals surface area (Å²) in [5.41, 5.74) is 6.31. The topological polar surface area (TPSA) is 76.7 Å². The lowest BCUT2D eigenvalue weighted by Gasteiger charge is -2.11. The maximum atomic E-state index is 11.2. The molecule has 6 heteroatoms. The van der Waals surface area contributed by atoms with Gasteiger partial charge in [0.05, 0.1) is 12.3 Å². The first-order valence-corrected chi connectivity index (χ1v) is 5.75. The molecule has 88 valence electrons. The monoisotopic (exact) mass is 287 g/mol. The second kappa shape index (κ2) is 6.32. The smallest absolute Gasteiger partial charge is 0.411 e. The molecule has 0 saturated heterocycles. The summed E-state index contributed by atoms with van der Waals surface area (Å²) in [6.45, 7) is 2.07. The number of halogens is 1. The number of ether oxygens (including phenoxy) is 1. The molecular formula is C10H14BrN3O2. The normalized spacial score (nSPS) is 26.0. The standard InChI is InChI=1S/C10H14BrN3O2/c1-2-16-10(15)14-8-5-3-4-7(11)6-13-9(8)12/h4,6H,2-3,5,12H2,1H3,(H,14,15)/b7-4+,9-8+,13-6+. The van der Waals surface area contributed by atoms with Crippen molar-refractivity contribution >= 4 is 28.2 Å². The third kappa shape index (κ3) is 4.06. The molecule has 1 aliphatic heterocycles. The average Bonchev–Trinajstić information content (AvgIpc) is 2.23. The number of aliphatic imine (C=N–C) groups is 1. The van der Waals surface area contributed by atoms with Gasteiger partial charge >= 0.3 is 6.09 Å². The number of hydrogen-bond donors (Lipinski definition) is 2. The molecule has 0 aromatic carbocycles. The van der Waals surface area contributed by atoms with Crippen molar-refractivity contribution in [1.82, 2.24) is 5.32 Å².